The molecule has 55 heavy (non-hydrogen) atoms. The highest BCUT2D eigenvalue weighted by atomic mass is 16.6. The number of fused-ring (bicyclic) bond motifs is 3. The van der Waals surface area contributed by atoms with Crippen LogP contribution in [0.25, 0.3) is 11.1 Å². The summed E-state index contributed by atoms with van der Waals surface area (Å²) < 4.78 is 60.0. The molecule has 0 heterocycles. The summed E-state index contributed by atoms with van der Waals surface area (Å²) in [5.41, 5.74) is 4.76. The first-order chi connectivity index (χ1) is 27.2. The van der Waals surface area contributed by atoms with Crippen molar-refractivity contribution in [3.05, 3.63) is 59.7 Å². The van der Waals surface area contributed by atoms with Crippen molar-refractivity contribution in [1.82, 2.24) is 5.32 Å². The Morgan fingerprint density at radius 2 is 0.873 bits per heavy atom. The van der Waals surface area contributed by atoms with E-state index in [4.69, 9.17) is 52.1 Å². The predicted octanol–water partition coefficient (Wildman–Crippen LogP) is 4.80. The van der Waals surface area contributed by atoms with Crippen LogP contribution in [-0.2, 0) is 56.9 Å². The zero-order chi connectivity index (χ0) is 38.9. The van der Waals surface area contributed by atoms with Gasteiger partial charge in [-0.25, -0.2) is 4.79 Å². The molecule has 1 aliphatic rings. The highest BCUT2D eigenvalue weighted by molar-refractivity contribution is 5.79. The number of hydrogen-bond donors (Lipinski definition) is 1. The van der Waals surface area contributed by atoms with Crippen LogP contribution in [0.3, 0.4) is 0 Å². The van der Waals surface area contributed by atoms with Gasteiger partial charge < -0.3 is 57.4 Å². The molecule has 0 bridgehead atoms. The first-order valence-electron chi connectivity index (χ1n) is 19.6. The molecule has 0 atom stereocenters. The quantitative estimate of drug-likeness (QED) is 0.0748. The second-order valence-electron chi connectivity index (χ2n) is 12.4. The molecule has 1 N–H and O–H groups in total. The molecule has 3 rings (SSSR count). The number of rotatable bonds is 36. The van der Waals surface area contributed by atoms with Crippen molar-refractivity contribution in [3.63, 3.8) is 0 Å². The molecule has 0 spiro atoms. The van der Waals surface area contributed by atoms with Crippen LogP contribution in [0.15, 0.2) is 48.5 Å². The van der Waals surface area contributed by atoms with Crippen molar-refractivity contribution in [2.24, 2.45) is 0 Å². The highest BCUT2D eigenvalue weighted by Crippen LogP contribution is 2.44. The van der Waals surface area contributed by atoms with Crippen molar-refractivity contribution >= 4 is 12.1 Å². The van der Waals surface area contributed by atoms with E-state index in [1.54, 1.807) is 0 Å². The Morgan fingerprint density at radius 3 is 1.29 bits per heavy atom. The van der Waals surface area contributed by atoms with Crippen molar-refractivity contribution in [1.29, 1.82) is 0 Å². The summed E-state index contributed by atoms with van der Waals surface area (Å²) in [4.78, 5) is 23.7. The van der Waals surface area contributed by atoms with Crippen molar-refractivity contribution < 1.29 is 61.7 Å². The molecule has 1 amide bonds. The topological polar surface area (TPSA) is 148 Å². The number of carbonyl (C=O) groups excluding carboxylic acids is 2. The van der Waals surface area contributed by atoms with Gasteiger partial charge in [-0.1, -0.05) is 68.3 Å². The fourth-order valence-electron chi connectivity index (χ4n) is 5.54. The molecule has 0 aliphatic heterocycles. The second-order valence-corrected chi connectivity index (χ2v) is 12.4. The fourth-order valence-corrected chi connectivity index (χ4v) is 5.54. The Bertz CT molecular complexity index is 1220. The number of nitrogens with one attached hydrogen (secondary N) is 1. The molecule has 2 aromatic carbocycles. The molecule has 14 nitrogen and oxygen atoms in total. The third-order valence-corrected chi connectivity index (χ3v) is 8.31. The number of ether oxygens (including phenoxy) is 11. The van der Waals surface area contributed by atoms with Gasteiger partial charge in [0.2, 0.25) is 0 Å². The van der Waals surface area contributed by atoms with E-state index in [1.165, 1.54) is 22.3 Å². The van der Waals surface area contributed by atoms with Gasteiger partial charge in [-0.15, -0.1) is 0 Å². The van der Waals surface area contributed by atoms with E-state index in [0.29, 0.717) is 132 Å². The van der Waals surface area contributed by atoms with Crippen LogP contribution in [0.2, 0.25) is 0 Å². The van der Waals surface area contributed by atoms with Gasteiger partial charge in [-0.3, -0.25) is 4.79 Å². The molecule has 1 aliphatic carbocycles. The molecular formula is C41H63NO13. The summed E-state index contributed by atoms with van der Waals surface area (Å²) in [6, 6.07) is 16.5. The zero-order valence-corrected chi connectivity index (χ0v) is 32.7. The summed E-state index contributed by atoms with van der Waals surface area (Å²) >= 11 is 0. The molecule has 14 heteroatoms. The number of amides is 1. The molecule has 0 saturated carbocycles. The summed E-state index contributed by atoms with van der Waals surface area (Å²) in [5.74, 6) is -0.129. The van der Waals surface area contributed by atoms with Crippen molar-refractivity contribution in [3.8, 4) is 11.1 Å². The van der Waals surface area contributed by atoms with Gasteiger partial charge in [0, 0.05) is 18.9 Å². The average Bonchev–Trinajstić information content (AvgIpc) is 3.52. The minimum Gasteiger partial charge on any atom is -0.463 e. The monoisotopic (exact) mass is 777 g/mol. The number of benzene rings is 2. The molecule has 2 aromatic rings. The van der Waals surface area contributed by atoms with E-state index in [1.807, 2.05) is 24.3 Å². The van der Waals surface area contributed by atoms with Gasteiger partial charge in [0.15, 0.2) is 0 Å². The van der Waals surface area contributed by atoms with E-state index < -0.39 is 6.09 Å². The molecular weight excluding hydrogens is 714 g/mol. The third-order valence-electron chi connectivity index (χ3n) is 8.31. The molecule has 0 fully saturated rings. The lowest BCUT2D eigenvalue weighted by atomic mass is 9.98. The Hall–Kier alpha value is -3.18. The lowest BCUT2D eigenvalue weighted by molar-refractivity contribution is -0.145. The van der Waals surface area contributed by atoms with Gasteiger partial charge >= 0.3 is 12.1 Å². The van der Waals surface area contributed by atoms with Crippen LogP contribution < -0.4 is 5.32 Å². The maximum absolute atomic E-state index is 12.2. The first kappa shape index (κ1) is 46.2. The minimum absolute atomic E-state index is 0.0345. The molecule has 310 valence electrons. The number of hydrogen-bond acceptors (Lipinski definition) is 13. The third kappa shape index (κ3) is 21.6. The molecule has 0 saturated heterocycles. The Labute approximate surface area is 326 Å². The Kier molecular flexibility index (Phi) is 26.9. The standard InChI is InChI=1S/C41H63NO13/c1-2-3-4-13-40(43)54-33-32-53-31-30-52-29-28-51-27-26-50-25-24-49-23-22-48-21-20-47-19-18-46-17-16-45-15-14-42-41(44)55-34-39-37-11-7-5-9-35(37)36-10-6-8-12-38(36)39/h5-12,39H,2-4,13-34H2,1H3,(H,42,44). The number of carbonyl (C=O) groups is 2. The summed E-state index contributed by atoms with van der Waals surface area (Å²) in [7, 11) is 0. The Balaban J connectivity index is 0.950. The minimum atomic E-state index is -0.455. The van der Waals surface area contributed by atoms with Crippen LogP contribution in [0.5, 0.6) is 0 Å². The average molecular weight is 778 g/mol. The van der Waals surface area contributed by atoms with Crippen molar-refractivity contribution in [2.75, 3.05) is 139 Å². The van der Waals surface area contributed by atoms with Gasteiger partial charge in [0.25, 0.3) is 0 Å². The normalized spacial score (nSPS) is 12.1. The van der Waals surface area contributed by atoms with E-state index in [2.05, 4.69) is 36.5 Å². The van der Waals surface area contributed by atoms with Crippen LogP contribution in [-0.4, -0.2) is 151 Å². The summed E-state index contributed by atoms with van der Waals surface area (Å²) in [6.07, 6.45) is 3.02. The molecule has 0 radical (unpaired) electrons. The lowest BCUT2D eigenvalue weighted by Gasteiger charge is -2.14. The fraction of sp³-hybridized carbons (Fsp3) is 0.659. The van der Waals surface area contributed by atoms with Gasteiger partial charge in [-0.05, 0) is 28.7 Å². The van der Waals surface area contributed by atoms with Gasteiger partial charge in [-0.2, -0.15) is 0 Å². The zero-order valence-electron chi connectivity index (χ0n) is 32.7. The number of alkyl carbamates (subject to hydrolysis) is 1. The maximum Gasteiger partial charge on any atom is 0.407 e. The van der Waals surface area contributed by atoms with Crippen LogP contribution in [0, 0.1) is 0 Å². The second kappa shape index (κ2) is 32.0. The number of esters is 1. The van der Waals surface area contributed by atoms with Crippen LogP contribution in [0.4, 0.5) is 4.79 Å². The molecule has 0 unspecified atom stereocenters. The van der Waals surface area contributed by atoms with E-state index in [-0.39, 0.29) is 25.1 Å². The Morgan fingerprint density at radius 1 is 0.491 bits per heavy atom. The summed E-state index contributed by atoms with van der Waals surface area (Å²) in [5, 5.41) is 2.74. The summed E-state index contributed by atoms with van der Waals surface area (Å²) in [6.45, 7) is 11.2. The highest BCUT2D eigenvalue weighted by Gasteiger charge is 2.28. The largest absolute Gasteiger partial charge is 0.463 e. The van der Waals surface area contributed by atoms with E-state index in [0.717, 1.165) is 19.3 Å². The van der Waals surface area contributed by atoms with Gasteiger partial charge in [0.05, 0.1) is 119 Å². The van der Waals surface area contributed by atoms with Crippen molar-refractivity contribution in [2.45, 2.75) is 38.5 Å². The molecule has 0 aromatic heterocycles. The predicted molar refractivity (Wildman–Crippen MR) is 206 cm³/mol. The van der Waals surface area contributed by atoms with Crippen LogP contribution >= 0.6 is 0 Å². The van der Waals surface area contributed by atoms with E-state index in [9.17, 15) is 9.59 Å². The van der Waals surface area contributed by atoms with Gasteiger partial charge in [0.1, 0.15) is 13.2 Å². The lowest BCUT2D eigenvalue weighted by Crippen LogP contribution is -2.29. The van der Waals surface area contributed by atoms with Crippen LogP contribution in [0.1, 0.15) is 49.7 Å². The SMILES string of the molecule is CCCCCC(=O)OCCOCCOCCOCCOCCOCCOCCOCCOCCOCCNC(=O)OCC1c2ccccc2-c2ccccc21. The smallest absolute Gasteiger partial charge is 0.407 e. The number of unbranched alkanes of at least 4 members (excludes halogenated alkanes) is 2. The first-order valence-corrected chi connectivity index (χ1v) is 19.6. The van der Waals surface area contributed by atoms with E-state index >= 15 is 0 Å². The maximum atomic E-state index is 12.2.